The Kier molecular flexibility index (Phi) is 1.97. The Hall–Kier alpha value is -1.06. The summed E-state index contributed by atoms with van der Waals surface area (Å²) in [5.41, 5.74) is 8.78. The monoisotopic (exact) mass is 204 g/mol. The van der Waals surface area contributed by atoms with E-state index in [-0.39, 0.29) is 6.10 Å². The van der Waals surface area contributed by atoms with Crippen molar-refractivity contribution >= 4 is 5.69 Å². The van der Waals surface area contributed by atoms with Gasteiger partial charge < -0.3 is 10.8 Å². The lowest BCUT2D eigenvalue weighted by atomic mass is 9.91. The number of rotatable bonds is 0. The number of hydrogen-bond donors (Lipinski definition) is 2. The van der Waals surface area contributed by atoms with Crippen LogP contribution in [-0.2, 0) is 6.54 Å². The van der Waals surface area contributed by atoms with Crippen LogP contribution < -0.4 is 5.73 Å². The van der Waals surface area contributed by atoms with E-state index in [4.69, 9.17) is 5.73 Å². The average Bonchev–Trinajstić information content (AvgIpc) is 2.68. The molecule has 0 spiro atoms. The number of fused-ring (bicyclic) bond motifs is 2. The summed E-state index contributed by atoms with van der Waals surface area (Å²) in [5, 5.41) is 10.3. The topological polar surface area (TPSA) is 49.5 Å². The highest BCUT2D eigenvalue weighted by Gasteiger charge is 2.36. The number of hydrogen-bond acceptors (Lipinski definition) is 3. The Morgan fingerprint density at radius 3 is 3.13 bits per heavy atom. The van der Waals surface area contributed by atoms with Crippen LogP contribution in [0.2, 0.25) is 0 Å². The molecule has 0 bridgehead atoms. The molecule has 0 saturated carbocycles. The Bertz CT molecular complexity index is 391. The van der Waals surface area contributed by atoms with Gasteiger partial charge in [-0.25, -0.2) is 0 Å². The highest BCUT2D eigenvalue weighted by atomic mass is 16.3. The Morgan fingerprint density at radius 2 is 2.27 bits per heavy atom. The van der Waals surface area contributed by atoms with Gasteiger partial charge in [0.15, 0.2) is 0 Å². The van der Waals surface area contributed by atoms with Gasteiger partial charge in [0.05, 0.1) is 6.10 Å². The first-order chi connectivity index (χ1) is 7.25. The zero-order chi connectivity index (χ0) is 10.4. The third-order valence-electron chi connectivity index (χ3n) is 3.64. The molecule has 1 aromatic rings. The second-order valence-corrected chi connectivity index (χ2v) is 4.58. The van der Waals surface area contributed by atoms with Crippen LogP contribution in [0.25, 0.3) is 0 Å². The first-order valence-electron chi connectivity index (χ1n) is 5.56. The van der Waals surface area contributed by atoms with Crippen molar-refractivity contribution in [3.05, 3.63) is 29.3 Å². The van der Waals surface area contributed by atoms with Crippen molar-refractivity contribution < 1.29 is 5.11 Å². The average molecular weight is 204 g/mol. The van der Waals surface area contributed by atoms with Crippen molar-refractivity contribution in [2.45, 2.75) is 31.5 Å². The maximum Gasteiger partial charge on any atom is 0.0949 e. The van der Waals surface area contributed by atoms with Crippen LogP contribution in [0.1, 0.15) is 30.1 Å². The van der Waals surface area contributed by atoms with Gasteiger partial charge >= 0.3 is 0 Å². The first kappa shape index (κ1) is 9.19. The first-order valence-corrected chi connectivity index (χ1v) is 5.56. The molecule has 0 amide bonds. The molecule has 2 heterocycles. The van der Waals surface area contributed by atoms with Crippen LogP contribution >= 0.6 is 0 Å². The van der Waals surface area contributed by atoms with Crippen LogP contribution in [0.5, 0.6) is 0 Å². The van der Waals surface area contributed by atoms with Gasteiger partial charge in [0.1, 0.15) is 0 Å². The van der Waals surface area contributed by atoms with Crippen molar-refractivity contribution in [1.82, 2.24) is 4.90 Å². The van der Waals surface area contributed by atoms with Gasteiger partial charge in [0.25, 0.3) is 0 Å². The molecule has 2 aliphatic heterocycles. The fourth-order valence-corrected chi connectivity index (χ4v) is 2.86. The summed E-state index contributed by atoms with van der Waals surface area (Å²) < 4.78 is 0. The number of nitrogen functional groups attached to an aromatic ring is 1. The van der Waals surface area contributed by atoms with Crippen molar-refractivity contribution in [1.29, 1.82) is 0 Å². The predicted octanol–water partition coefficient (Wildman–Crippen LogP) is 1.28. The third-order valence-corrected chi connectivity index (χ3v) is 3.64. The van der Waals surface area contributed by atoms with Gasteiger partial charge in [-0.1, -0.05) is 6.07 Å². The van der Waals surface area contributed by atoms with Crippen molar-refractivity contribution in [2.75, 3.05) is 12.3 Å². The molecule has 1 aromatic carbocycles. The summed E-state index contributed by atoms with van der Waals surface area (Å²) in [6, 6.07) is 6.21. The maximum atomic E-state index is 10.3. The molecule has 3 N–H and O–H groups in total. The minimum atomic E-state index is -0.347. The minimum Gasteiger partial charge on any atom is -0.399 e. The zero-order valence-corrected chi connectivity index (χ0v) is 8.69. The number of aliphatic hydroxyl groups is 1. The summed E-state index contributed by atoms with van der Waals surface area (Å²) in [5.74, 6) is 0. The van der Waals surface area contributed by atoms with Crippen molar-refractivity contribution in [3.8, 4) is 0 Å². The molecular formula is C12H16N2O. The lowest BCUT2D eigenvalue weighted by Gasteiger charge is -2.35. The molecular weight excluding hydrogens is 188 g/mol. The van der Waals surface area contributed by atoms with E-state index in [1.54, 1.807) is 0 Å². The molecule has 0 radical (unpaired) electrons. The van der Waals surface area contributed by atoms with Gasteiger partial charge in [0, 0.05) is 18.3 Å². The fourth-order valence-electron chi connectivity index (χ4n) is 2.86. The third kappa shape index (κ3) is 1.34. The van der Waals surface area contributed by atoms with Crippen LogP contribution in [0.4, 0.5) is 5.69 Å². The van der Waals surface area contributed by atoms with E-state index in [1.165, 1.54) is 12.0 Å². The summed E-state index contributed by atoms with van der Waals surface area (Å²) in [7, 11) is 0. The van der Waals surface area contributed by atoms with Crippen molar-refractivity contribution in [3.63, 3.8) is 0 Å². The van der Waals surface area contributed by atoms with Gasteiger partial charge in [-0.05, 0) is 42.6 Å². The lowest BCUT2D eigenvalue weighted by molar-refractivity contribution is 0.0534. The Morgan fingerprint density at radius 1 is 1.40 bits per heavy atom. The molecule has 15 heavy (non-hydrogen) atoms. The molecule has 2 aliphatic rings. The minimum absolute atomic E-state index is 0.319. The van der Waals surface area contributed by atoms with E-state index < -0.39 is 0 Å². The van der Waals surface area contributed by atoms with E-state index in [0.29, 0.717) is 6.04 Å². The van der Waals surface area contributed by atoms with E-state index in [0.717, 1.165) is 30.8 Å². The number of nitrogens with two attached hydrogens (primary N) is 1. The highest BCUT2D eigenvalue weighted by Crippen LogP contribution is 2.37. The molecule has 0 aliphatic carbocycles. The highest BCUT2D eigenvalue weighted by molar-refractivity contribution is 5.47. The molecule has 2 atom stereocenters. The molecule has 3 rings (SSSR count). The number of aliphatic hydroxyl groups excluding tert-OH is 1. The molecule has 0 aromatic heterocycles. The van der Waals surface area contributed by atoms with Crippen molar-refractivity contribution in [2.24, 2.45) is 0 Å². The van der Waals surface area contributed by atoms with Crippen LogP contribution in [-0.4, -0.2) is 22.6 Å². The summed E-state index contributed by atoms with van der Waals surface area (Å²) in [4.78, 5) is 2.38. The molecule has 3 heteroatoms. The quantitative estimate of drug-likeness (QED) is 0.626. The number of nitrogens with zero attached hydrogens (tertiary/aromatic N) is 1. The van der Waals surface area contributed by atoms with Gasteiger partial charge in [0.2, 0.25) is 0 Å². The second kappa shape index (κ2) is 3.22. The maximum absolute atomic E-state index is 10.3. The van der Waals surface area contributed by atoms with Gasteiger partial charge in [-0.15, -0.1) is 0 Å². The van der Waals surface area contributed by atoms with Crippen LogP contribution in [0.15, 0.2) is 18.2 Å². The SMILES string of the molecule is Nc1ccc2c(c1)C(O)[C@H]1CCCN1C2. The lowest BCUT2D eigenvalue weighted by Crippen LogP contribution is -2.38. The smallest absolute Gasteiger partial charge is 0.0949 e. The van der Waals surface area contributed by atoms with Gasteiger partial charge in [-0.2, -0.15) is 0 Å². The molecule has 80 valence electrons. The van der Waals surface area contributed by atoms with Crippen LogP contribution in [0.3, 0.4) is 0 Å². The standard InChI is InChI=1S/C12H16N2O/c13-9-4-3-8-7-14-5-1-2-11(14)12(15)10(8)6-9/h3-4,6,11-12,15H,1-2,5,7,13H2/t11-,12?/m1/s1. The van der Waals surface area contributed by atoms with E-state index in [9.17, 15) is 5.11 Å². The predicted molar refractivity (Wildman–Crippen MR) is 59.2 cm³/mol. The summed E-state index contributed by atoms with van der Waals surface area (Å²) in [6.45, 7) is 2.09. The molecule has 1 saturated heterocycles. The van der Waals surface area contributed by atoms with Gasteiger partial charge in [-0.3, -0.25) is 4.90 Å². The zero-order valence-electron chi connectivity index (χ0n) is 8.69. The molecule has 1 fully saturated rings. The van der Waals surface area contributed by atoms with Crippen LogP contribution in [0, 0.1) is 0 Å². The number of benzene rings is 1. The second-order valence-electron chi connectivity index (χ2n) is 4.58. The van der Waals surface area contributed by atoms with E-state index >= 15 is 0 Å². The summed E-state index contributed by atoms with van der Waals surface area (Å²) >= 11 is 0. The fraction of sp³-hybridized carbons (Fsp3) is 0.500. The molecule has 3 nitrogen and oxygen atoms in total. The largest absolute Gasteiger partial charge is 0.399 e. The van der Waals surface area contributed by atoms with E-state index in [2.05, 4.69) is 4.90 Å². The van der Waals surface area contributed by atoms with E-state index in [1.807, 2.05) is 18.2 Å². The summed E-state index contributed by atoms with van der Waals surface area (Å²) in [6.07, 6.45) is 1.96. The Labute approximate surface area is 89.5 Å². The molecule has 1 unspecified atom stereocenters. The normalized spacial score (nSPS) is 29.9. The Balaban J connectivity index is 2.05. The number of anilines is 1.